The van der Waals surface area contributed by atoms with E-state index in [0.717, 1.165) is 34.4 Å². The Balaban J connectivity index is 2.53. The number of rotatable bonds is 6. The van der Waals surface area contributed by atoms with Crippen LogP contribution < -0.4 is 9.47 Å². The van der Waals surface area contributed by atoms with Crippen molar-refractivity contribution in [2.45, 2.75) is 27.2 Å². The van der Waals surface area contributed by atoms with E-state index in [1.165, 1.54) is 0 Å². The molecule has 2 aromatic carbocycles. The summed E-state index contributed by atoms with van der Waals surface area (Å²) in [6.45, 7) is 6.74. The molecule has 0 heterocycles. The quantitative estimate of drug-likeness (QED) is 0.855. The molecule has 0 spiro atoms. The molecule has 0 radical (unpaired) electrons. The fourth-order valence-corrected chi connectivity index (χ4v) is 2.60. The first-order chi connectivity index (χ1) is 11.0. The van der Waals surface area contributed by atoms with Gasteiger partial charge in [0.25, 0.3) is 0 Å². The van der Waals surface area contributed by atoms with Crippen LogP contribution >= 0.6 is 0 Å². The zero-order valence-corrected chi connectivity index (χ0v) is 14.0. The molecular weight excluding hydrogens is 292 g/mol. The first-order valence-electron chi connectivity index (χ1n) is 7.63. The molecular formula is C19H22O4. The number of aryl methyl sites for hydroxylation is 2. The Labute approximate surface area is 136 Å². The Bertz CT molecular complexity index is 696. The normalized spacial score (nSPS) is 10.4. The fourth-order valence-electron chi connectivity index (χ4n) is 2.60. The molecule has 1 N–H and O–H groups in total. The van der Waals surface area contributed by atoms with Crippen LogP contribution in [0.1, 0.15) is 34.8 Å². The molecule has 0 amide bonds. The minimum atomic E-state index is -0.953. The van der Waals surface area contributed by atoms with Gasteiger partial charge in [0.1, 0.15) is 11.5 Å². The van der Waals surface area contributed by atoms with Crippen molar-refractivity contribution in [1.29, 1.82) is 0 Å². The molecule has 0 saturated heterocycles. The number of hydrogen-bond acceptors (Lipinski definition) is 3. The van der Waals surface area contributed by atoms with Gasteiger partial charge in [-0.25, -0.2) is 4.79 Å². The van der Waals surface area contributed by atoms with Crippen LogP contribution in [0.4, 0.5) is 0 Å². The largest absolute Gasteiger partial charge is 0.496 e. The molecule has 23 heavy (non-hydrogen) atoms. The van der Waals surface area contributed by atoms with E-state index in [0.29, 0.717) is 12.4 Å². The fraction of sp³-hybridized carbons (Fsp3) is 0.316. The highest BCUT2D eigenvalue weighted by molar-refractivity contribution is 5.90. The lowest BCUT2D eigenvalue weighted by molar-refractivity contribution is 0.0697. The van der Waals surface area contributed by atoms with Crippen molar-refractivity contribution >= 4 is 5.97 Å². The molecule has 2 aromatic rings. The Kier molecular flexibility index (Phi) is 5.27. The summed E-state index contributed by atoms with van der Waals surface area (Å²) in [5, 5.41) is 9.21. The van der Waals surface area contributed by atoms with Crippen LogP contribution in [-0.2, 0) is 0 Å². The van der Waals surface area contributed by atoms with Gasteiger partial charge in [-0.1, -0.05) is 6.92 Å². The number of carboxylic acid groups (broad SMARTS) is 1. The lowest BCUT2D eigenvalue weighted by Crippen LogP contribution is -2.01. The SMILES string of the molecule is CCCOc1c(C)cc(-c2cc(C(=O)O)ccc2OC)cc1C. The van der Waals surface area contributed by atoms with Gasteiger partial charge in [-0.05, 0) is 67.3 Å². The molecule has 122 valence electrons. The predicted octanol–water partition coefficient (Wildman–Crippen LogP) is 4.47. The number of hydrogen-bond donors (Lipinski definition) is 1. The van der Waals surface area contributed by atoms with Crippen LogP contribution in [0, 0.1) is 13.8 Å². The first kappa shape index (κ1) is 16.9. The topological polar surface area (TPSA) is 55.8 Å². The van der Waals surface area contributed by atoms with Crippen LogP contribution in [0.3, 0.4) is 0 Å². The summed E-state index contributed by atoms with van der Waals surface area (Å²) < 4.78 is 11.2. The van der Waals surface area contributed by atoms with Crippen molar-refractivity contribution in [3.05, 3.63) is 47.0 Å². The highest BCUT2D eigenvalue weighted by Crippen LogP contribution is 2.35. The summed E-state index contributed by atoms with van der Waals surface area (Å²) in [5.74, 6) is 0.588. The summed E-state index contributed by atoms with van der Waals surface area (Å²) >= 11 is 0. The second-order valence-corrected chi connectivity index (χ2v) is 5.51. The molecule has 0 aliphatic heterocycles. The first-order valence-corrected chi connectivity index (χ1v) is 7.63. The second kappa shape index (κ2) is 7.18. The van der Waals surface area contributed by atoms with Crippen molar-refractivity contribution in [1.82, 2.24) is 0 Å². The van der Waals surface area contributed by atoms with Gasteiger partial charge in [0.2, 0.25) is 0 Å². The third kappa shape index (κ3) is 3.65. The standard InChI is InChI=1S/C19H22O4/c1-5-8-23-18-12(2)9-15(10-13(18)3)16-11-14(19(20)21)6-7-17(16)22-4/h6-7,9-11H,5,8H2,1-4H3,(H,20,21). The number of carboxylic acids is 1. The predicted molar refractivity (Wildman–Crippen MR) is 90.6 cm³/mol. The van der Waals surface area contributed by atoms with Crippen molar-refractivity contribution in [2.24, 2.45) is 0 Å². The smallest absolute Gasteiger partial charge is 0.335 e. The summed E-state index contributed by atoms with van der Waals surface area (Å²) in [4.78, 5) is 11.2. The summed E-state index contributed by atoms with van der Waals surface area (Å²) in [6.07, 6.45) is 0.953. The molecule has 0 aliphatic carbocycles. The molecule has 0 aromatic heterocycles. The number of methoxy groups -OCH3 is 1. The van der Waals surface area contributed by atoms with Crippen molar-refractivity contribution in [2.75, 3.05) is 13.7 Å². The van der Waals surface area contributed by atoms with E-state index >= 15 is 0 Å². The van der Waals surface area contributed by atoms with E-state index in [4.69, 9.17) is 9.47 Å². The number of ether oxygens (including phenoxy) is 2. The van der Waals surface area contributed by atoms with Gasteiger partial charge in [0.05, 0.1) is 19.3 Å². The van der Waals surface area contributed by atoms with Crippen molar-refractivity contribution in [3.63, 3.8) is 0 Å². The molecule has 0 unspecified atom stereocenters. The Hall–Kier alpha value is -2.49. The molecule has 2 rings (SSSR count). The van der Waals surface area contributed by atoms with E-state index in [1.54, 1.807) is 25.3 Å². The number of aromatic carboxylic acids is 1. The molecule has 0 atom stereocenters. The second-order valence-electron chi connectivity index (χ2n) is 5.51. The highest BCUT2D eigenvalue weighted by Gasteiger charge is 2.14. The Morgan fingerprint density at radius 3 is 2.30 bits per heavy atom. The zero-order valence-electron chi connectivity index (χ0n) is 14.0. The van der Waals surface area contributed by atoms with Gasteiger partial charge in [-0.3, -0.25) is 0 Å². The Morgan fingerprint density at radius 1 is 1.13 bits per heavy atom. The molecule has 0 fully saturated rings. The Morgan fingerprint density at radius 2 is 1.78 bits per heavy atom. The maximum atomic E-state index is 11.2. The van der Waals surface area contributed by atoms with Gasteiger partial charge in [0, 0.05) is 5.56 Å². The third-order valence-corrected chi connectivity index (χ3v) is 3.67. The van der Waals surface area contributed by atoms with E-state index < -0.39 is 5.97 Å². The molecule has 4 heteroatoms. The van der Waals surface area contributed by atoms with Crippen LogP contribution in [-0.4, -0.2) is 24.8 Å². The van der Waals surface area contributed by atoms with Gasteiger partial charge >= 0.3 is 5.97 Å². The maximum absolute atomic E-state index is 11.2. The van der Waals surface area contributed by atoms with E-state index in [9.17, 15) is 9.90 Å². The van der Waals surface area contributed by atoms with E-state index in [-0.39, 0.29) is 5.56 Å². The monoisotopic (exact) mass is 314 g/mol. The average molecular weight is 314 g/mol. The highest BCUT2D eigenvalue weighted by atomic mass is 16.5. The minimum Gasteiger partial charge on any atom is -0.496 e. The molecule has 4 nitrogen and oxygen atoms in total. The zero-order chi connectivity index (χ0) is 17.0. The number of benzene rings is 2. The lowest BCUT2D eigenvalue weighted by atomic mass is 9.97. The van der Waals surface area contributed by atoms with Gasteiger partial charge in [-0.15, -0.1) is 0 Å². The summed E-state index contributed by atoms with van der Waals surface area (Å²) in [5.41, 5.74) is 3.97. The van der Waals surface area contributed by atoms with Gasteiger partial charge < -0.3 is 14.6 Å². The molecule has 0 bridgehead atoms. The molecule has 0 saturated carbocycles. The number of carbonyl (C=O) groups is 1. The minimum absolute atomic E-state index is 0.238. The molecule has 0 aliphatic rings. The van der Waals surface area contributed by atoms with E-state index in [1.807, 2.05) is 26.0 Å². The third-order valence-electron chi connectivity index (χ3n) is 3.67. The van der Waals surface area contributed by atoms with Gasteiger partial charge in [-0.2, -0.15) is 0 Å². The summed E-state index contributed by atoms with van der Waals surface area (Å²) in [6, 6.07) is 8.87. The van der Waals surface area contributed by atoms with Crippen LogP contribution in [0.15, 0.2) is 30.3 Å². The van der Waals surface area contributed by atoms with E-state index in [2.05, 4.69) is 6.92 Å². The van der Waals surface area contributed by atoms with Crippen molar-refractivity contribution in [3.8, 4) is 22.6 Å². The maximum Gasteiger partial charge on any atom is 0.335 e. The van der Waals surface area contributed by atoms with Crippen LogP contribution in [0.2, 0.25) is 0 Å². The average Bonchev–Trinajstić information content (AvgIpc) is 2.53. The summed E-state index contributed by atoms with van der Waals surface area (Å²) in [7, 11) is 1.58. The van der Waals surface area contributed by atoms with Crippen molar-refractivity contribution < 1.29 is 19.4 Å². The van der Waals surface area contributed by atoms with Gasteiger partial charge in [0.15, 0.2) is 0 Å². The van der Waals surface area contributed by atoms with Crippen LogP contribution in [0.25, 0.3) is 11.1 Å². The van der Waals surface area contributed by atoms with Crippen LogP contribution in [0.5, 0.6) is 11.5 Å². The lowest BCUT2D eigenvalue weighted by Gasteiger charge is -2.15.